The van der Waals surface area contributed by atoms with E-state index >= 15 is 0 Å². The molecule has 0 unspecified atom stereocenters. The SMILES string of the molecule is N#CC(Cl)(Cl)C(Cl)(Cl)Cl. The Morgan fingerprint density at radius 3 is 1.33 bits per heavy atom. The number of hydrogen-bond donors (Lipinski definition) is 0. The molecule has 0 aliphatic carbocycles. The fraction of sp³-hybridized carbons (Fsp3) is 0.667. The van der Waals surface area contributed by atoms with Gasteiger partial charge in [-0.15, -0.1) is 0 Å². The predicted molar refractivity (Wildman–Crippen MR) is 40.3 cm³/mol. The van der Waals surface area contributed by atoms with Crippen molar-refractivity contribution in [1.82, 2.24) is 0 Å². The first-order chi connectivity index (χ1) is 3.81. The quantitative estimate of drug-likeness (QED) is 0.583. The highest BCUT2D eigenvalue weighted by Crippen LogP contribution is 2.45. The van der Waals surface area contributed by atoms with Gasteiger partial charge in [0, 0.05) is 0 Å². The van der Waals surface area contributed by atoms with Crippen molar-refractivity contribution in [2.45, 2.75) is 8.13 Å². The summed E-state index contributed by atoms with van der Waals surface area (Å²) in [5, 5.41) is 8.16. The van der Waals surface area contributed by atoms with E-state index in [1.54, 1.807) is 0 Å². The topological polar surface area (TPSA) is 23.8 Å². The summed E-state index contributed by atoms with van der Waals surface area (Å²) in [6.07, 6.45) is 0. The Morgan fingerprint density at radius 2 is 1.33 bits per heavy atom. The normalized spacial score (nSPS) is 12.9. The number of nitriles is 1. The summed E-state index contributed by atoms with van der Waals surface area (Å²) in [5.41, 5.74) is 0. The Labute approximate surface area is 77.4 Å². The highest BCUT2D eigenvalue weighted by Gasteiger charge is 2.46. The Bertz CT molecular complexity index is 139. The van der Waals surface area contributed by atoms with Crippen LogP contribution in [0.15, 0.2) is 0 Å². The molecule has 0 heterocycles. The summed E-state index contributed by atoms with van der Waals surface area (Å²) in [6.45, 7) is 0. The molecule has 0 aliphatic rings. The molecular formula is C3Cl5N. The lowest BCUT2D eigenvalue weighted by molar-refractivity contribution is 1.00. The lowest BCUT2D eigenvalue weighted by atomic mass is 10.5. The van der Waals surface area contributed by atoms with Gasteiger partial charge in [-0.25, -0.2) is 0 Å². The van der Waals surface area contributed by atoms with Crippen LogP contribution in [0, 0.1) is 11.3 Å². The average Bonchev–Trinajstić information content (AvgIpc) is 1.64. The molecular weight excluding hydrogens is 227 g/mol. The first-order valence-corrected chi connectivity index (χ1v) is 3.56. The Hall–Kier alpha value is 0.940. The van der Waals surface area contributed by atoms with Gasteiger partial charge in [-0.1, -0.05) is 58.0 Å². The molecule has 0 bridgehead atoms. The van der Waals surface area contributed by atoms with Crippen LogP contribution in [0.2, 0.25) is 0 Å². The molecule has 0 radical (unpaired) electrons. The van der Waals surface area contributed by atoms with Crippen molar-refractivity contribution >= 4 is 58.0 Å². The van der Waals surface area contributed by atoms with E-state index in [2.05, 4.69) is 0 Å². The molecule has 0 spiro atoms. The first-order valence-electron chi connectivity index (χ1n) is 1.67. The zero-order chi connectivity index (χ0) is 7.71. The van der Waals surface area contributed by atoms with Crippen molar-refractivity contribution in [3.8, 4) is 6.07 Å². The van der Waals surface area contributed by atoms with E-state index in [-0.39, 0.29) is 0 Å². The van der Waals surface area contributed by atoms with Crippen molar-refractivity contribution in [3.05, 3.63) is 0 Å². The van der Waals surface area contributed by atoms with Crippen molar-refractivity contribution in [2.75, 3.05) is 0 Å². The van der Waals surface area contributed by atoms with Crippen LogP contribution < -0.4 is 0 Å². The highest BCUT2D eigenvalue weighted by atomic mass is 35.6. The molecule has 0 aromatic heterocycles. The van der Waals surface area contributed by atoms with Crippen LogP contribution in [0.25, 0.3) is 0 Å². The third-order valence-electron chi connectivity index (χ3n) is 0.496. The van der Waals surface area contributed by atoms with Gasteiger partial charge in [-0.05, 0) is 0 Å². The average molecular weight is 227 g/mol. The molecule has 0 amide bonds. The minimum Gasteiger partial charge on any atom is -0.195 e. The van der Waals surface area contributed by atoms with E-state index in [0.717, 1.165) is 0 Å². The van der Waals surface area contributed by atoms with E-state index in [1.807, 2.05) is 0 Å². The number of rotatable bonds is 0. The lowest BCUT2D eigenvalue weighted by Crippen LogP contribution is -2.28. The number of nitrogens with zero attached hydrogens (tertiary/aromatic N) is 1. The van der Waals surface area contributed by atoms with E-state index < -0.39 is 8.13 Å². The van der Waals surface area contributed by atoms with Crippen LogP contribution in [0.5, 0.6) is 0 Å². The second kappa shape index (κ2) is 2.90. The minimum absolute atomic E-state index is 1.42. The van der Waals surface area contributed by atoms with Gasteiger partial charge in [-0.3, -0.25) is 0 Å². The van der Waals surface area contributed by atoms with E-state index in [4.69, 9.17) is 63.3 Å². The summed E-state index contributed by atoms with van der Waals surface area (Å²) < 4.78 is -3.94. The Morgan fingerprint density at radius 1 is 1.00 bits per heavy atom. The van der Waals surface area contributed by atoms with Crippen LogP contribution in [-0.2, 0) is 0 Å². The second-order valence-electron chi connectivity index (χ2n) is 1.18. The lowest BCUT2D eigenvalue weighted by Gasteiger charge is -2.18. The molecule has 52 valence electrons. The van der Waals surface area contributed by atoms with Gasteiger partial charge in [-0.2, -0.15) is 5.26 Å². The van der Waals surface area contributed by atoms with Crippen LogP contribution in [-0.4, -0.2) is 8.13 Å². The predicted octanol–water partition coefficient (Wildman–Crippen LogP) is 3.05. The number of halogens is 5. The zero-order valence-corrected chi connectivity index (χ0v) is 7.62. The monoisotopic (exact) mass is 225 g/mol. The molecule has 0 atom stereocenters. The zero-order valence-electron chi connectivity index (χ0n) is 3.84. The molecule has 0 saturated heterocycles. The summed E-state index contributed by atoms with van der Waals surface area (Å²) in [5.74, 6) is 0. The number of hydrogen-bond acceptors (Lipinski definition) is 1. The molecule has 9 heavy (non-hydrogen) atoms. The maximum Gasteiger partial charge on any atom is 0.249 e. The molecule has 0 aromatic carbocycles. The first kappa shape index (κ1) is 9.94. The third kappa shape index (κ3) is 2.57. The van der Waals surface area contributed by atoms with Gasteiger partial charge in [0.1, 0.15) is 6.07 Å². The van der Waals surface area contributed by atoms with Crippen LogP contribution in [0.3, 0.4) is 0 Å². The van der Waals surface area contributed by atoms with Crippen LogP contribution in [0.4, 0.5) is 0 Å². The third-order valence-corrected chi connectivity index (χ3v) is 2.66. The summed E-state index contributed by atoms with van der Waals surface area (Å²) in [7, 11) is 0. The van der Waals surface area contributed by atoms with Crippen molar-refractivity contribution in [2.24, 2.45) is 0 Å². The minimum atomic E-state index is -1.97. The Kier molecular flexibility index (Phi) is 3.20. The van der Waals surface area contributed by atoms with Gasteiger partial charge >= 0.3 is 0 Å². The van der Waals surface area contributed by atoms with E-state index in [9.17, 15) is 0 Å². The van der Waals surface area contributed by atoms with Gasteiger partial charge in [0.25, 0.3) is 0 Å². The van der Waals surface area contributed by atoms with Crippen molar-refractivity contribution in [1.29, 1.82) is 5.26 Å². The summed E-state index contributed by atoms with van der Waals surface area (Å²) >= 11 is 25.9. The molecule has 6 heteroatoms. The van der Waals surface area contributed by atoms with Gasteiger partial charge in [0.05, 0.1) is 0 Å². The van der Waals surface area contributed by atoms with E-state index in [1.165, 1.54) is 6.07 Å². The van der Waals surface area contributed by atoms with Gasteiger partial charge < -0.3 is 0 Å². The standard InChI is InChI=1S/C3Cl5N/c4-2(5,1-9)3(6,7)8. The summed E-state index contributed by atoms with van der Waals surface area (Å²) in [4.78, 5) is 0. The molecule has 0 rings (SSSR count). The second-order valence-corrected chi connectivity index (χ2v) is 4.79. The van der Waals surface area contributed by atoms with Crippen molar-refractivity contribution in [3.63, 3.8) is 0 Å². The van der Waals surface area contributed by atoms with Crippen molar-refractivity contribution < 1.29 is 0 Å². The molecule has 0 N–H and O–H groups in total. The fourth-order valence-corrected chi connectivity index (χ4v) is 0.190. The summed E-state index contributed by atoms with van der Waals surface area (Å²) in [6, 6.07) is 1.42. The van der Waals surface area contributed by atoms with Crippen LogP contribution >= 0.6 is 58.0 Å². The van der Waals surface area contributed by atoms with E-state index in [0.29, 0.717) is 0 Å². The van der Waals surface area contributed by atoms with Gasteiger partial charge in [0.15, 0.2) is 0 Å². The maximum absolute atomic E-state index is 8.16. The molecule has 0 fully saturated rings. The maximum atomic E-state index is 8.16. The molecule has 1 nitrogen and oxygen atoms in total. The molecule has 0 aromatic rings. The Balaban J connectivity index is 4.39. The molecule has 0 aliphatic heterocycles. The van der Waals surface area contributed by atoms with Gasteiger partial charge in [0.2, 0.25) is 8.13 Å². The smallest absolute Gasteiger partial charge is 0.195 e. The largest absolute Gasteiger partial charge is 0.249 e. The van der Waals surface area contributed by atoms with Crippen LogP contribution in [0.1, 0.15) is 0 Å². The highest BCUT2D eigenvalue weighted by molar-refractivity contribution is 6.76. The molecule has 0 saturated carbocycles. The number of alkyl halides is 5. The fourth-order valence-electron chi connectivity index (χ4n) is 0.0634.